The van der Waals surface area contributed by atoms with Crippen molar-refractivity contribution in [1.29, 1.82) is 0 Å². The van der Waals surface area contributed by atoms with Crippen molar-refractivity contribution in [3.8, 4) is 10.6 Å². The lowest BCUT2D eigenvalue weighted by molar-refractivity contribution is -0.384. The molecule has 0 aliphatic heterocycles. The number of rotatable bonds is 4. The predicted octanol–water partition coefficient (Wildman–Crippen LogP) is 4.08. The highest BCUT2D eigenvalue weighted by Gasteiger charge is 2.17. The van der Waals surface area contributed by atoms with E-state index in [1.165, 1.54) is 34.8 Å². The Hall–Kier alpha value is -2.36. The Morgan fingerprint density at radius 3 is 2.78 bits per heavy atom. The Morgan fingerprint density at radius 2 is 2.13 bits per heavy atom. The molecule has 3 rings (SSSR count). The summed E-state index contributed by atoms with van der Waals surface area (Å²) < 4.78 is 0. The Labute approximate surface area is 142 Å². The van der Waals surface area contributed by atoms with Gasteiger partial charge in [0.25, 0.3) is 11.6 Å². The van der Waals surface area contributed by atoms with Crippen LogP contribution in [0.3, 0.4) is 0 Å². The zero-order valence-electron chi connectivity index (χ0n) is 11.2. The molecule has 23 heavy (non-hydrogen) atoms. The van der Waals surface area contributed by atoms with Gasteiger partial charge in [-0.25, -0.2) is 0 Å². The molecule has 10 heteroatoms. The summed E-state index contributed by atoms with van der Waals surface area (Å²) in [6.45, 7) is 0. The highest BCUT2D eigenvalue weighted by atomic mass is 35.5. The predicted molar refractivity (Wildman–Crippen MR) is 89.3 cm³/mol. The van der Waals surface area contributed by atoms with Gasteiger partial charge in [0.05, 0.1) is 15.5 Å². The first-order valence-corrected chi connectivity index (χ1v) is 8.29. The molecular formula is C13H7ClN4O3S2. The second-order valence-corrected chi connectivity index (χ2v) is 6.46. The first-order chi connectivity index (χ1) is 11.0. The second-order valence-electron chi connectivity index (χ2n) is 4.30. The molecule has 0 saturated carbocycles. The largest absolute Gasteiger partial charge is 0.296 e. The molecule has 0 bridgehead atoms. The lowest BCUT2D eigenvalue weighted by Gasteiger charge is -2.03. The molecule has 3 aromatic rings. The SMILES string of the molecule is O=C(Nc1nnc(-c2ccsc2)s1)c1ccc([N+](=O)[O-])cc1Cl. The monoisotopic (exact) mass is 366 g/mol. The van der Waals surface area contributed by atoms with Gasteiger partial charge < -0.3 is 0 Å². The Bertz CT molecular complexity index is 879. The van der Waals surface area contributed by atoms with Crippen LogP contribution in [-0.2, 0) is 0 Å². The quantitative estimate of drug-likeness (QED) is 0.554. The molecule has 1 aromatic carbocycles. The van der Waals surface area contributed by atoms with Crippen LogP contribution in [0.2, 0.25) is 5.02 Å². The number of hydrogen-bond acceptors (Lipinski definition) is 7. The Balaban J connectivity index is 1.78. The van der Waals surface area contributed by atoms with Crippen molar-refractivity contribution in [2.75, 3.05) is 5.32 Å². The van der Waals surface area contributed by atoms with Gasteiger partial charge in [-0.15, -0.1) is 10.2 Å². The number of aromatic nitrogens is 2. The number of thiophene rings is 1. The number of halogens is 1. The first-order valence-electron chi connectivity index (χ1n) is 6.16. The number of nitrogens with zero attached hydrogens (tertiary/aromatic N) is 3. The molecule has 2 aromatic heterocycles. The minimum absolute atomic E-state index is 0.000673. The van der Waals surface area contributed by atoms with E-state index in [9.17, 15) is 14.9 Å². The van der Waals surface area contributed by atoms with Crippen LogP contribution in [-0.4, -0.2) is 21.0 Å². The van der Waals surface area contributed by atoms with Crippen molar-refractivity contribution < 1.29 is 9.72 Å². The van der Waals surface area contributed by atoms with Crippen LogP contribution in [0.4, 0.5) is 10.8 Å². The maximum absolute atomic E-state index is 12.2. The van der Waals surface area contributed by atoms with Gasteiger partial charge in [-0.1, -0.05) is 22.9 Å². The van der Waals surface area contributed by atoms with Crippen LogP contribution in [0.5, 0.6) is 0 Å². The molecule has 0 radical (unpaired) electrons. The molecule has 0 aliphatic rings. The summed E-state index contributed by atoms with van der Waals surface area (Å²) >= 11 is 8.69. The highest BCUT2D eigenvalue weighted by Crippen LogP contribution is 2.29. The number of nitro benzene ring substituents is 1. The average molecular weight is 367 g/mol. The molecule has 116 valence electrons. The van der Waals surface area contributed by atoms with Crippen molar-refractivity contribution in [3.05, 3.63) is 55.7 Å². The van der Waals surface area contributed by atoms with E-state index in [1.54, 1.807) is 0 Å². The van der Waals surface area contributed by atoms with E-state index in [2.05, 4.69) is 15.5 Å². The van der Waals surface area contributed by atoms with Crippen molar-refractivity contribution in [2.45, 2.75) is 0 Å². The molecule has 0 saturated heterocycles. The van der Waals surface area contributed by atoms with Crippen molar-refractivity contribution >= 4 is 51.0 Å². The van der Waals surface area contributed by atoms with Gasteiger partial charge >= 0.3 is 0 Å². The summed E-state index contributed by atoms with van der Waals surface area (Å²) in [4.78, 5) is 22.3. The number of hydrogen-bond donors (Lipinski definition) is 1. The van der Waals surface area contributed by atoms with E-state index in [1.807, 2.05) is 16.8 Å². The third-order valence-electron chi connectivity index (χ3n) is 2.82. The first kappa shape index (κ1) is 15.5. The molecule has 1 N–H and O–H groups in total. The average Bonchev–Trinajstić information content (AvgIpc) is 3.17. The van der Waals surface area contributed by atoms with Crippen LogP contribution in [0.25, 0.3) is 10.6 Å². The van der Waals surface area contributed by atoms with Crippen LogP contribution >= 0.6 is 34.3 Å². The van der Waals surface area contributed by atoms with Gasteiger partial charge in [0.2, 0.25) is 5.13 Å². The molecule has 0 spiro atoms. The fourth-order valence-corrected chi connectivity index (χ4v) is 3.45. The molecule has 0 aliphatic carbocycles. The summed E-state index contributed by atoms with van der Waals surface area (Å²) in [6, 6.07) is 5.56. The van der Waals surface area contributed by atoms with Crippen molar-refractivity contribution in [1.82, 2.24) is 10.2 Å². The Morgan fingerprint density at radius 1 is 1.30 bits per heavy atom. The van der Waals surface area contributed by atoms with E-state index >= 15 is 0 Å². The zero-order chi connectivity index (χ0) is 16.4. The third-order valence-corrected chi connectivity index (χ3v) is 4.71. The molecule has 7 nitrogen and oxygen atoms in total. The molecule has 0 unspecified atom stereocenters. The minimum atomic E-state index is -0.578. The van der Waals surface area contributed by atoms with E-state index in [4.69, 9.17) is 11.6 Å². The standard InChI is InChI=1S/C13H7ClN4O3S2/c14-10-5-8(18(20)21)1-2-9(10)11(19)15-13-17-16-12(23-13)7-3-4-22-6-7/h1-6H,(H,15,17,19). The number of carbonyl (C=O) groups excluding carboxylic acids is 1. The van der Waals surface area contributed by atoms with E-state index in [-0.39, 0.29) is 16.3 Å². The number of nitro groups is 1. The topological polar surface area (TPSA) is 98.0 Å². The zero-order valence-corrected chi connectivity index (χ0v) is 13.6. The van der Waals surface area contributed by atoms with Crippen LogP contribution in [0.15, 0.2) is 35.0 Å². The minimum Gasteiger partial charge on any atom is -0.296 e. The Kier molecular flexibility index (Phi) is 4.33. The molecule has 0 atom stereocenters. The maximum atomic E-state index is 12.2. The summed E-state index contributed by atoms with van der Waals surface area (Å²) in [5, 5.41) is 26.0. The van der Waals surface area contributed by atoms with E-state index in [0.717, 1.165) is 11.6 Å². The normalized spacial score (nSPS) is 10.5. The van der Waals surface area contributed by atoms with Crippen LogP contribution in [0.1, 0.15) is 10.4 Å². The summed E-state index contributed by atoms with van der Waals surface area (Å²) in [7, 11) is 0. The number of non-ortho nitro benzene ring substituents is 1. The van der Waals surface area contributed by atoms with Crippen LogP contribution in [0, 0.1) is 10.1 Å². The summed E-state index contributed by atoms with van der Waals surface area (Å²) in [5.74, 6) is -0.502. The lowest BCUT2D eigenvalue weighted by atomic mass is 10.2. The number of carbonyl (C=O) groups is 1. The second kappa shape index (κ2) is 6.41. The van der Waals surface area contributed by atoms with Gasteiger partial charge in [0.1, 0.15) is 5.01 Å². The van der Waals surface area contributed by atoms with Gasteiger partial charge in [-0.2, -0.15) is 11.3 Å². The number of nitrogens with one attached hydrogen (secondary N) is 1. The molecule has 0 fully saturated rings. The fourth-order valence-electron chi connectivity index (χ4n) is 1.74. The van der Waals surface area contributed by atoms with Gasteiger partial charge in [-0.3, -0.25) is 20.2 Å². The fraction of sp³-hybridized carbons (Fsp3) is 0. The number of benzene rings is 1. The summed E-state index contributed by atoms with van der Waals surface area (Å²) in [6.07, 6.45) is 0. The van der Waals surface area contributed by atoms with Crippen LogP contribution < -0.4 is 5.32 Å². The van der Waals surface area contributed by atoms with Crippen molar-refractivity contribution in [2.24, 2.45) is 0 Å². The van der Waals surface area contributed by atoms with Gasteiger partial charge in [0.15, 0.2) is 0 Å². The lowest BCUT2D eigenvalue weighted by Crippen LogP contribution is -2.12. The third kappa shape index (κ3) is 3.36. The number of anilines is 1. The maximum Gasteiger partial charge on any atom is 0.270 e. The smallest absolute Gasteiger partial charge is 0.270 e. The summed E-state index contributed by atoms with van der Waals surface area (Å²) in [5.41, 5.74) is 0.883. The van der Waals surface area contributed by atoms with Gasteiger partial charge in [-0.05, 0) is 17.5 Å². The highest BCUT2D eigenvalue weighted by molar-refractivity contribution is 7.19. The van der Waals surface area contributed by atoms with Crippen molar-refractivity contribution in [3.63, 3.8) is 0 Å². The molecule has 1 amide bonds. The van der Waals surface area contributed by atoms with E-state index < -0.39 is 10.8 Å². The van der Waals surface area contributed by atoms with Gasteiger partial charge in [0, 0.05) is 23.1 Å². The van der Waals surface area contributed by atoms with E-state index in [0.29, 0.717) is 10.1 Å². The molecular weight excluding hydrogens is 360 g/mol. The molecule has 2 heterocycles. The number of amides is 1.